The van der Waals surface area contributed by atoms with Gasteiger partial charge in [0.2, 0.25) is 17.7 Å². The summed E-state index contributed by atoms with van der Waals surface area (Å²) in [7, 11) is 3.10. The second-order valence-corrected chi connectivity index (χ2v) is 8.70. The Labute approximate surface area is 190 Å². The lowest BCUT2D eigenvalue weighted by Gasteiger charge is -2.33. The molecule has 3 atom stereocenters. The summed E-state index contributed by atoms with van der Waals surface area (Å²) in [6, 6.07) is 4.67. The number of benzene rings is 1. The smallest absolute Gasteiger partial charge is 0.245 e. The van der Waals surface area contributed by atoms with Crippen LogP contribution in [-0.4, -0.2) is 62.5 Å². The van der Waals surface area contributed by atoms with Gasteiger partial charge in [0.25, 0.3) is 0 Å². The molecule has 1 aromatic rings. The van der Waals surface area contributed by atoms with E-state index in [1.807, 2.05) is 18.7 Å². The lowest BCUT2D eigenvalue weighted by molar-refractivity contribution is -0.139. The summed E-state index contributed by atoms with van der Waals surface area (Å²) in [6.07, 6.45) is 4.03. The first kappa shape index (κ1) is 23.9. The van der Waals surface area contributed by atoms with Gasteiger partial charge in [-0.15, -0.1) is 0 Å². The third kappa shape index (κ3) is 5.16. The van der Waals surface area contributed by atoms with E-state index in [-0.39, 0.29) is 36.6 Å². The fraction of sp³-hybridized carbons (Fsp3) is 0.625. The van der Waals surface area contributed by atoms with E-state index >= 15 is 0 Å². The molecular formula is C24H35N3O5. The number of piperidine rings is 1. The third-order valence-electron chi connectivity index (χ3n) is 6.62. The molecule has 2 aliphatic rings. The zero-order valence-electron chi connectivity index (χ0n) is 19.6. The molecule has 3 amide bonds. The van der Waals surface area contributed by atoms with Crippen LogP contribution in [0.15, 0.2) is 18.2 Å². The minimum absolute atomic E-state index is 0.00889. The minimum Gasteiger partial charge on any atom is -0.497 e. The van der Waals surface area contributed by atoms with Crippen molar-refractivity contribution in [1.29, 1.82) is 0 Å². The molecule has 8 heteroatoms. The molecule has 0 bridgehead atoms. The molecule has 0 spiro atoms. The van der Waals surface area contributed by atoms with Gasteiger partial charge in [0, 0.05) is 32.1 Å². The normalized spacial score (nSPS) is 20.6. The predicted molar refractivity (Wildman–Crippen MR) is 122 cm³/mol. The van der Waals surface area contributed by atoms with Crippen LogP contribution in [-0.2, 0) is 14.4 Å². The number of anilines is 1. The number of likely N-dealkylation sites (tertiary alicyclic amines) is 1. The van der Waals surface area contributed by atoms with Gasteiger partial charge in [0.05, 0.1) is 25.8 Å². The van der Waals surface area contributed by atoms with Gasteiger partial charge in [-0.1, -0.05) is 20.3 Å². The Balaban J connectivity index is 1.71. The Morgan fingerprint density at radius 3 is 2.50 bits per heavy atom. The van der Waals surface area contributed by atoms with Gasteiger partial charge in [0.1, 0.15) is 17.5 Å². The van der Waals surface area contributed by atoms with Gasteiger partial charge in [0.15, 0.2) is 0 Å². The van der Waals surface area contributed by atoms with E-state index in [2.05, 4.69) is 5.32 Å². The second kappa shape index (κ2) is 10.7. The predicted octanol–water partition coefficient (Wildman–Crippen LogP) is 2.60. The van der Waals surface area contributed by atoms with Crippen molar-refractivity contribution in [3.05, 3.63) is 18.2 Å². The lowest BCUT2D eigenvalue weighted by atomic mass is 9.95. The lowest BCUT2D eigenvalue weighted by Crippen LogP contribution is -2.54. The molecule has 0 aromatic heterocycles. The number of nitrogens with one attached hydrogen (secondary N) is 1. The summed E-state index contributed by atoms with van der Waals surface area (Å²) in [5.74, 6) is 0.236. The highest BCUT2D eigenvalue weighted by Crippen LogP contribution is 2.36. The highest BCUT2D eigenvalue weighted by atomic mass is 16.5. The Morgan fingerprint density at radius 2 is 1.88 bits per heavy atom. The molecule has 3 unspecified atom stereocenters. The van der Waals surface area contributed by atoms with E-state index in [1.54, 1.807) is 30.2 Å². The summed E-state index contributed by atoms with van der Waals surface area (Å²) in [5.41, 5.74) is 0.608. The molecule has 1 N–H and O–H groups in total. The van der Waals surface area contributed by atoms with Crippen molar-refractivity contribution < 1.29 is 23.9 Å². The first-order chi connectivity index (χ1) is 15.4. The number of carbonyl (C=O) groups is 3. The largest absolute Gasteiger partial charge is 0.497 e. The van der Waals surface area contributed by atoms with Gasteiger partial charge in [-0.05, 0) is 37.3 Å². The number of carbonyl (C=O) groups excluding carboxylic acids is 3. The average molecular weight is 446 g/mol. The summed E-state index contributed by atoms with van der Waals surface area (Å²) in [4.78, 5) is 42.5. The molecule has 2 fully saturated rings. The molecule has 0 aliphatic carbocycles. The summed E-state index contributed by atoms with van der Waals surface area (Å²) >= 11 is 0. The number of ether oxygens (including phenoxy) is 2. The van der Waals surface area contributed by atoms with Gasteiger partial charge < -0.3 is 24.6 Å². The van der Waals surface area contributed by atoms with Crippen LogP contribution in [0, 0.1) is 11.8 Å². The summed E-state index contributed by atoms with van der Waals surface area (Å²) in [6.45, 7) is 5.74. The molecule has 0 saturated carbocycles. The quantitative estimate of drug-likeness (QED) is 0.665. The fourth-order valence-electron chi connectivity index (χ4n) is 4.39. The molecular weight excluding hydrogens is 410 g/mol. The van der Waals surface area contributed by atoms with Crippen molar-refractivity contribution in [3.8, 4) is 11.5 Å². The van der Waals surface area contributed by atoms with Crippen LogP contribution in [0.4, 0.5) is 5.69 Å². The van der Waals surface area contributed by atoms with E-state index in [0.29, 0.717) is 17.2 Å². The van der Waals surface area contributed by atoms with Crippen LogP contribution < -0.4 is 19.7 Å². The van der Waals surface area contributed by atoms with Gasteiger partial charge >= 0.3 is 0 Å². The zero-order valence-corrected chi connectivity index (χ0v) is 19.6. The second-order valence-electron chi connectivity index (χ2n) is 8.70. The summed E-state index contributed by atoms with van der Waals surface area (Å²) in [5, 5.41) is 2.99. The van der Waals surface area contributed by atoms with E-state index in [4.69, 9.17) is 9.47 Å². The minimum atomic E-state index is -0.565. The number of nitrogens with zero attached hydrogens (tertiary/aromatic N) is 2. The Kier molecular flexibility index (Phi) is 7.99. The molecule has 1 aromatic carbocycles. The SMILES string of the molecule is CCC(C)C(NC(=O)C1CC(=O)N(c2ccc(OC)cc2OC)C1)C(=O)N1CCCCC1. The first-order valence-electron chi connectivity index (χ1n) is 11.5. The standard InChI is InChI=1S/C24H35N3O5/c1-5-16(2)22(24(30)26-11-7-6-8-12-26)25-23(29)17-13-21(28)27(15-17)19-10-9-18(31-3)14-20(19)32-4/h9-10,14,16-17,22H,5-8,11-13,15H2,1-4H3,(H,25,29). The van der Waals surface area contributed by atoms with Crippen molar-refractivity contribution in [2.75, 3.05) is 38.8 Å². The third-order valence-corrected chi connectivity index (χ3v) is 6.62. The topological polar surface area (TPSA) is 88.2 Å². The zero-order chi connectivity index (χ0) is 23.3. The van der Waals surface area contributed by atoms with Crippen molar-refractivity contribution >= 4 is 23.4 Å². The number of hydrogen-bond acceptors (Lipinski definition) is 5. The van der Waals surface area contributed by atoms with Crippen LogP contribution in [0.5, 0.6) is 11.5 Å². The van der Waals surface area contributed by atoms with Crippen LogP contribution in [0.1, 0.15) is 46.0 Å². The van der Waals surface area contributed by atoms with E-state index in [9.17, 15) is 14.4 Å². The number of hydrogen-bond donors (Lipinski definition) is 1. The Hall–Kier alpha value is -2.77. The molecule has 32 heavy (non-hydrogen) atoms. The number of amides is 3. The van der Waals surface area contributed by atoms with Crippen molar-refractivity contribution in [2.45, 2.75) is 52.0 Å². The molecule has 2 saturated heterocycles. The fourth-order valence-corrected chi connectivity index (χ4v) is 4.39. The van der Waals surface area contributed by atoms with Crippen molar-refractivity contribution in [1.82, 2.24) is 10.2 Å². The Bertz CT molecular complexity index is 837. The van der Waals surface area contributed by atoms with Crippen LogP contribution >= 0.6 is 0 Å². The number of methoxy groups -OCH3 is 2. The van der Waals surface area contributed by atoms with Crippen molar-refractivity contribution in [3.63, 3.8) is 0 Å². The maximum Gasteiger partial charge on any atom is 0.245 e. The number of rotatable bonds is 8. The highest BCUT2D eigenvalue weighted by molar-refractivity contribution is 6.02. The van der Waals surface area contributed by atoms with E-state index in [1.165, 1.54) is 7.11 Å². The van der Waals surface area contributed by atoms with Crippen LogP contribution in [0.25, 0.3) is 0 Å². The van der Waals surface area contributed by atoms with Crippen LogP contribution in [0.2, 0.25) is 0 Å². The average Bonchev–Trinajstić information content (AvgIpc) is 3.22. The summed E-state index contributed by atoms with van der Waals surface area (Å²) < 4.78 is 10.7. The monoisotopic (exact) mass is 445 g/mol. The van der Waals surface area contributed by atoms with E-state index in [0.717, 1.165) is 38.8 Å². The molecule has 2 heterocycles. The molecule has 176 valence electrons. The van der Waals surface area contributed by atoms with Gasteiger partial charge in [-0.25, -0.2) is 0 Å². The maximum atomic E-state index is 13.1. The molecule has 8 nitrogen and oxygen atoms in total. The molecule has 0 radical (unpaired) electrons. The first-order valence-corrected chi connectivity index (χ1v) is 11.5. The van der Waals surface area contributed by atoms with Gasteiger partial charge in [-0.2, -0.15) is 0 Å². The highest BCUT2D eigenvalue weighted by Gasteiger charge is 2.39. The van der Waals surface area contributed by atoms with E-state index < -0.39 is 12.0 Å². The molecule has 3 rings (SSSR count). The van der Waals surface area contributed by atoms with Crippen LogP contribution in [0.3, 0.4) is 0 Å². The Morgan fingerprint density at radius 1 is 1.16 bits per heavy atom. The van der Waals surface area contributed by atoms with Gasteiger partial charge in [-0.3, -0.25) is 14.4 Å². The maximum absolute atomic E-state index is 13.1. The van der Waals surface area contributed by atoms with Crippen molar-refractivity contribution in [2.24, 2.45) is 11.8 Å². The molecule has 2 aliphatic heterocycles.